The van der Waals surface area contributed by atoms with E-state index in [4.69, 9.17) is 5.11 Å². The number of pyridine rings is 1. The quantitative estimate of drug-likeness (QED) is 0.509. The highest BCUT2D eigenvalue weighted by Crippen LogP contribution is 1.97. The van der Waals surface area contributed by atoms with E-state index in [2.05, 4.69) is 22.4 Å². The maximum absolute atomic E-state index is 11.5. The molecular formula is C11H11N3O4. The van der Waals surface area contributed by atoms with Crippen molar-refractivity contribution >= 4 is 17.8 Å². The number of aromatic nitrogens is 1. The SMILES string of the molecule is C=C(CC(=O)NNC(=O)c1ccncc1)C(=O)O. The van der Waals surface area contributed by atoms with E-state index in [1.165, 1.54) is 24.5 Å². The molecule has 0 saturated carbocycles. The molecule has 2 amide bonds. The molecule has 0 aromatic carbocycles. The van der Waals surface area contributed by atoms with Crippen LogP contribution in [0.2, 0.25) is 0 Å². The number of amides is 2. The Hall–Kier alpha value is -2.70. The lowest BCUT2D eigenvalue weighted by Crippen LogP contribution is -2.41. The molecule has 1 heterocycles. The lowest BCUT2D eigenvalue weighted by Gasteiger charge is -2.06. The maximum Gasteiger partial charge on any atom is 0.331 e. The zero-order chi connectivity index (χ0) is 13.5. The van der Waals surface area contributed by atoms with Crippen LogP contribution in [0.25, 0.3) is 0 Å². The van der Waals surface area contributed by atoms with Gasteiger partial charge in [-0.2, -0.15) is 0 Å². The Balaban J connectivity index is 2.42. The molecule has 7 heteroatoms. The van der Waals surface area contributed by atoms with Crippen molar-refractivity contribution in [2.75, 3.05) is 0 Å². The van der Waals surface area contributed by atoms with Crippen LogP contribution in [0.5, 0.6) is 0 Å². The second kappa shape index (κ2) is 6.14. The van der Waals surface area contributed by atoms with Crippen molar-refractivity contribution < 1.29 is 19.5 Å². The summed E-state index contributed by atoms with van der Waals surface area (Å²) in [5.74, 6) is -2.44. The van der Waals surface area contributed by atoms with E-state index < -0.39 is 24.2 Å². The molecule has 18 heavy (non-hydrogen) atoms. The molecule has 0 aliphatic heterocycles. The molecule has 1 aromatic rings. The van der Waals surface area contributed by atoms with Crippen molar-refractivity contribution in [3.05, 3.63) is 42.2 Å². The minimum Gasteiger partial charge on any atom is -0.478 e. The molecule has 0 saturated heterocycles. The van der Waals surface area contributed by atoms with E-state index in [-0.39, 0.29) is 5.57 Å². The van der Waals surface area contributed by atoms with Crippen LogP contribution in [0.3, 0.4) is 0 Å². The normalized spacial score (nSPS) is 9.33. The fourth-order valence-corrected chi connectivity index (χ4v) is 1.02. The number of nitrogens with one attached hydrogen (secondary N) is 2. The summed E-state index contributed by atoms with van der Waals surface area (Å²) in [6.45, 7) is 3.20. The molecule has 0 bridgehead atoms. The zero-order valence-electron chi connectivity index (χ0n) is 9.34. The molecule has 94 valence electrons. The molecule has 0 aliphatic rings. The van der Waals surface area contributed by atoms with Crippen LogP contribution in [0.15, 0.2) is 36.7 Å². The number of hydrogen-bond acceptors (Lipinski definition) is 4. The number of hydrazine groups is 1. The number of carbonyl (C=O) groups is 3. The smallest absolute Gasteiger partial charge is 0.331 e. The van der Waals surface area contributed by atoms with E-state index in [9.17, 15) is 14.4 Å². The fraction of sp³-hybridized carbons (Fsp3) is 0.0909. The zero-order valence-corrected chi connectivity index (χ0v) is 9.34. The highest BCUT2D eigenvalue weighted by atomic mass is 16.4. The van der Waals surface area contributed by atoms with Crippen LogP contribution in [0, 0.1) is 0 Å². The van der Waals surface area contributed by atoms with Crippen molar-refractivity contribution in [2.45, 2.75) is 6.42 Å². The Kier molecular flexibility index (Phi) is 4.56. The van der Waals surface area contributed by atoms with Gasteiger partial charge in [0.15, 0.2) is 0 Å². The van der Waals surface area contributed by atoms with Gasteiger partial charge in [0, 0.05) is 23.5 Å². The summed E-state index contributed by atoms with van der Waals surface area (Å²) < 4.78 is 0. The van der Waals surface area contributed by atoms with Crippen molar-refractivity contribution in [3.8, 4) is 0 Å². The molecule has 0 spiro atoms. The lowest BCUT2D eigenvalue weighted by molar-refractivity contribution is -0.134. The molecule has 0 fully saturated rings. The Bertz CT molecular complexity index is 484. The van der Waals surface area contributed by atoms with Crippen molar-refractivity contribution in [1.29, 1.82) is 0 Å². The molecule has 3 N–H and O–H groups in total. The Labute approximate surface area is 102 Å². The molecule has 0 radical (unpaired) electrons. The van der Waals surface area contributed by atoms with E-state index >= 15 is 0 Å². The number of carboxylic acid groups (broad SMARTS) is 1. The molecule has 1 aromatic heterocycles. The van der Waals surface area contributed by atoms with Crippen LogP contribution in [-0.4, -0.2) is 27.9 Å². The highest BCUT2D eigenvalue weighted by Gasteiger charge is 2.11. The van der Waals surface area contributed by atoms with Gasteiger partial charge in [0.05, 0.1) is 6.42 Å². The van der Waals surface area contributed by atoms with Gasteiger partial charge < -0.3 is 5.11 Å². The number of aliphatic carboxylic acids is 1. The second-order valence-electron chi connectivity index (χ2n) is 3.32. The third kappa shape index (κ3) is 4.05. The largest absolute Gasteiger partial charge is 0.478 e. The minimum absolute atomic E-state index is 0.259. The summed E-state index contributed by atoms with van der Waals surface area (Å²) in [4.78, 5) is 36.9. The minimum atomic E-state index is -1.26. The third-order valence-electron chi connectivity index (χ3n) is 1.93. The number of carbonyl (C=O) groups excluding carboxylic acids is 2. The van der Waals surface area contributed by atoms with Gasteiger partial charge in [0.25, 0.3) is 5.91 Å². The van der Waals surface area contributed by atoms with Gasteiger partial charge in [0.1, 0.15) is 0 Å². The Morgan fingerprint density at radius 2 is 1.83 bits per heavy atom. The van der Waals surface area contributed by atoms with E-state index in [0.29, 0.717) is 5.56 Å². The fourth-order valence-electron chi connectivity index (χ4n) is 1.02. The van der Waals surface area contributed by atoms with Crippen LogP contribution < -0.4 is 10.9 Å². The van der Waals surface area contributed by atoms with Crippen LogP contribution in [0.4, 0.5) is 0 Å². The van der Waals surface area contributed by atoms with Gasteiger partial charge in [-0.25, -0.2) is 4.79 Å². The molecule has 0 unspecified atom stereocenters. The summed E-state index contributed by atoms with van der Waals surface area (Å²) in [6.07, 6.45) is 2.47. The molecular weight excluding hydrogens is 238 g/mol. The first-order chi connectivity index (χ1) is 8.50. The first kappa shape index (κ1) is 13.4. The van der Waals surface area contributed by atoms with Crippen molar-refractivity contribution in [3.63, 3.8) is 0 Å². The summed E-state index contributed by atoms with van der Waals surface area (Å²) in [6, 6.07) is 2.94. The second-order valence-corrected chi connectivity index (χ2v) is 3.32. The summed E-state index contributed by atoms with van der Waals surface area (Å²) in [7, 11) is 0. The molecule has 0 atom stereocenters. The highest BCUT2D eigenvalue weighted by molar-refractivity contribution is 5.97. The topological polar surface area (TPSA) is 108 Å². The summed E-state index contributed by atoms with van der Waals surface area (Å²) in [5, 5.41) is 8.51. The number of hydrogen-bond donors (Lipinski definition) is 3. The van der Waals surface area contributed by atoms with Gasteiger partial charge in [0.2, 0.25) is 5.91 Å². The first-order valence-corrected chi connectivity index (χ1v) is 4.91. The third-order valence-corrected chi connectivity index (χ3v) is 1.93. The average molecular weight is 249 g/mol. The predicted molar refractivity (Wildman–Crippen MR) is 61.2 cm³/mol. The van der Waals surface area contributed by atoms with Crippen LogP contribution in [0.1, 0.15) is 16.8 Å². The lowest BCUT2D eigenvalue weighted by atomic mass is 10.2. The van der Waals surface area contributed by atoms with Gasteiger partial charge in [-0.05, 0) is 12.1 Å². The van der Waals surface area contributed by atoms with Gasteiger partial charge >= 0.3 is 5.97 Å². The van der Waals surface area contributed by atoms with E-state index in [1.807, 2.05) is 0 Å². The molecule has 1 rings (SSSR count). The predicted octanol–water partition coefficient (Wildman–Crippen LogP) is -0.127. The maximum atomic E-state index is 11.5. The van der Waals surface area contributed by atoms with Gasteiger partial charge in [-0.3, -0.25) is 25.4 Å². The monoisotopic (exact) mass is 249 g/mol. The summed E-state index contributed by atoms with van der Waals surface area (Å²) in [5.41, 5.74) is 4.29. The van der Waals surface area contributed by atoms with E-state index in [1.54, 1.807) is 0 Å². The van der Waals surface area contributed by atoms with Gasteiger partial charge in [-0.15, -0.1) is 0 Å². The van der Waals surface area contributed by atoms with Crippen LogP contribution >= 0.6 is 0 Å². The van der Waals surface area contributed by atoms with E-state index in [0.717, 1.165) is 0 Å². The standard InChI is InChI=1S/C11H11N3O4/c1-7(11(17)18)6-9(15)13-14-10(16)8-2-4-12-5-3-8/h2-5H,1,6H2,(H,13,15)(H,14,16)(H,17,18). The van der Waals surface area contributed by atoms with Crippen molar-refractivity contribution in [2.24, 2.45) is 0 Å². The summed E-state index contributed by atoms with van der Waals surface area (Å²) >= 11 is 0. The molecule has 7 nitrogen and oxygen atoms in total. The van der Waals surface area contributed by atoms with Crippen molar-refractivity contribution in [1.82, 2.24) is 15.8 Å². The number of nitrogens with zero attached hydrogens (tertiary/aromatic N) is 1. The Morgan fingerprint density at radius 3 is 2.39 bits per heavy atom. The average Bonchev–Trinajstić information content (AvgIpc) is 2.36. The first-order valence-electron chi connectivity index (χ1n) is 4.91. The molecule has 0 aliphatic carbocycles. The van der Waals surface area contributed by atoms with Crippen LogP contribution in [-0.2, 0) is 9.59 Å². The number of rotatable bonds is 4. The Morgan fingerprint density at radius 1 is 1.22 bits per heavy atom. The van der Waals surface area contributed by atoms with Gasteiger partial charge in [-0.1, -0.05) is 6.58 Å². The number of carboxylic acids is 1.